The maximum Gasteiger partial charge on any atom is 0.335 e. The molecule has 0 aliphatic rings. The second kappa shape index (κ2) is 9.57. The van der Waals surface area contributed by atoms with Crippen LogP contribution < -0.4 is 15.4 Å². The largest absolute Gasteiger partial charge is 0.478 e. The van der Waals surface area contributed by atoms with Crippen molar-refractivity contribution in [2.45, 2.75) is 0 Å². The van der Waals surface area contributed by atoms with Crippen LogP contribution in [0.2, 0.25) is 0 Å². The van der Waals surface area contributed by atoms with Crippen LogP contribution in [0.15, 0.2) is 90.6 Å². The standard InChI is InChI=1S/C23H17N3O4/c24-14-17(15-25-19-6-4-5-16(13-19)23(28)29)22(27)26-18-9-11-21(12-10-18)30-20-7-2-1-3-8-20/h1-13,15,25H,(H,26,27)(H,28,29)/b17-15-. The molecule has 0 aromatic heterocycles. The Morgan fingerprint density at radius 1 is 0.900 bits per heavy atom. The zero-order valence-electron chi connectivity index (χ0n) is 15.7. The Labute approximate surface area is 172 Å². The predicted octanol–water partition coefficient (Wildman–Crippen LogP) is 4.64. The summed E-state index contributed by atoms with van der Waals surface area (Å²) in [5.74, 6) is -0.367. The van der Waals surface area contributed by atoms with E-state index in [4.69, 9.17) is 9.84 Å². The monoisotopic (exact) mass is 399 g/mol. The molecule has 3 aromatic carbocycles. The summed E-state index contributed by atoms with van der Waals surface area (Å²) < 4.78 is 5.69. The molecular weight excluding hydrogens is 382 g/mol. The fourth-order valence-corrected chi connectivity index (χ4v) is 2.48. The minimum Gasteiger partial charge on any atom is -0.478 e. The third kappa shape index (κ3) is 5.47. The molecule has 0 fully saturated rings. The number of carbonyl (C=O) groups excluding carboxylic acids is 1. The van der Waals surface area contributed by atoms with Gasteiger partial charge in [-0.2, -0.15) is 5.26 Å². The lowest BCUT2D eigenvalue weighted by Crippen LogP contribution is -2.14. The zero-order valence-corrected chi connectivity index (χ0v) is 15.7. The summed E-state index contributed by atoms with van der Waals surface area (Å²) in [5.41, 5.74) is 0.863. The molecule has 0 bridgehead atoms. The normalized spacial score (nSPS) is 10.6. The molecule has 0 saturated heterocycles. The first-order valence-electron chi connectivity index (χ1n) is 8.89. The van der Waals surface area contributed by atoms with Gasteiger partial charge in [0.25, 0.3) is 5.91 Å². The van der Waals surface area contributed by atoms with Gasteiger partial charge in [-0.15, -0.1) is 0 Å². The van der Waals surface area contributed by atoms with E-state index in [0.717, 1.165) is 0 Å². The van der Waals surface area contributed by atoms with Crippen LogP contribution in [0.5, 0.6) is 11.5 Å². The van der Waals surface area contributed by atoms with Crippen molar-refractivity contribution in [3.63, 3.8) is 0 Å². The molecule has 0 spiro atoms. The van der Waals surface area contributed by atoms with E-state index in [-0.39, 0.29) is 11.1 Å². The number of rotatable bonds is 7. The Bertz CT molecular complexity index is 1120. The maximum atomic E-state index is 12.3. The summed E-state index contributed by atoms with van der Waals surface area (Å²) in [5, 5.41) is 23.7. The second-order valence-electron chi connectivity index (χ2n) is 6.09. The van der Waals surface area contributed by atoms with Crippen LogP contribution in [0.3, 0.4) is 0 Å². The Kier molecular flexibility index (Phi) is 6.44. The second-order valence-corrected chi connectivity index (χ2v) is 6.09. The molecule has 3 N–H and O–H groups in total. The predicted molar refractivity (Wildman–Crippen MR) is 112 cm³/mol. The van der Waals surface area contributed by atoms with E-state index in [0.29, 0.717) is 22.9 Å². The fraction of sp³-hybridized carbons (Fsp3) is 0. The number of nitrogens with zero attached hydrogens (tertiary/aromatic N) is 1. The average molecular weight is 399 g/mol. The highest BCUT2D eigenvalue weighted by Crippen LogP contribution is 2.22. The molecular formula is C23H17N3O4. The molecule has 0 unspecified atom stereocenters. The highest BCUT2D eigenvalue weighted by Gasteiger charge is 2.10. The quantitative estimate of drug-likeness (QED) is 0.394. The average Bonchev–Trinajstić information content (AvgIpc) is 2.76. The van der Waals surface area contributed by atoms with Crippen molar-refractivity contribution >= 4 is 23.3 Å². The number of nitrogens with one attached hydrogen (secondary N) is 2. The number of hydrogen-bond donors (Lipinski definition) is 3. The minimum atomic E-state index is -1.07. The number of anilines is 2. The molecule has 7 heteroatoms. The molecule has 3 aromatic rings. The number of amides is 1. The lowest BCUT2D eigenvalue weighted by atomic mass is 10.2. The first kappa shape index (κ1) is 20.2. The number of aromatic carboxylic acids is 1. The van der Waals surface area contributed by atoms with Gasteiger partial charge in [-0.3, -0.25) is 4.79 Å². The van der Waals surface area contributed by atoms with Crippen LogP contribution in [0.25, 0.3) is 0 Å². The number of benzene rings is 3. The molecule has 0 heterocycles. The van der Waals surface area contributed by atoms with Gasteiger partial charge in [-0.05, 0) is 54.6 Å². The van der Waals surface area contributed by atoms with Gasteiger partial charge in [0.05, 0.1) is 5.56 Å². The smallest absolute Gasteiger partial charge is 0.335 e. The van der Waals surface area contributed by atoms with Crippen molar-refractivity contribution < 1.29 is 19.4 Å². The molecule has 7 nitrogen and oxygen atoms in total. The summed E-state index contributed by atoms with van der Waals surface area (Å²) in [4.78, 5) is 23.4. The van der Waals surface area contributed by atoms with E-state index >= 15 is 0 Å². The third-order valence-corrected chi connectivity index (χ3v) is 3.95. The summed E-state index contributed by atoms with van der Waals surface area (Å²) in [6.07, 6.45) is 1.23. The number of carboxylic acids is 1. The van der Waals surface area contributed by atoms with E-state index in [2.05, 4.69) is 10.6 Å². The van der Waals surface area contributed by atoms with Crippen molar-refractivity contribution in [1.29, 1.82) is 5.26 Å². The van der Waals surface area contributed by atoms with Crippen LogP contribution in [0, 0.1) is 11.3 Å². The molecule has 0 saturated carbocycles. The minimum absolute atomic E-state index is 0.0918. The van der Waals surface area contributed by atoms with Crippen LogP contribution in [-0.4, -0.2) is 17.0 Å². The lowest BCUT2D eigenvalue weighted by Gasteiger charge is -2.08. The van der Waals surface area contributed by atoms with Crippen LogP contribution in [0.1, 0.15) is 10.4 Å². The van der Waals surface area contributed by atoms with E-state index in [1.54, 1.807) is 36.4 Å². The summed E-state index contributed by atoms with van der Waals surface area (Å²) in [7, 11) is 0. The molecule has 148 valence electrons. The third-order valence-electron chi connectivity index (χ3n) is 3.95. The summed E-state index contributed by atoms with van der Waals surface area (Å²) in [6, 6.07) is 23.9. The number of ether oxygens (including phenoxy) is 1. The molecule has 3 rings (SSSR count). The lowest BCUT2D eigenvalue weighted by molar-refractivity contribution is -0.112. The molecule has 1 amide bonds. The van der Waals surface area contributed by atoms with Gasteiger partial charge in [0, 0.05) is 17.6 Å². The SMILES string of the molecule is N#C/C(=C/Nc1cccc(C(=O)O)c1)C(=O)Nc1ccc(Oc2ccccc2)cc1. The number of carbonyl (C=O) groups is 2. The maximum absolute atomic E-state index is 12.3. The molecule has 0 radical (unpaired) electrons. The Balaban J connectivity index is 1.63. The van der Waals surface area contributed by atoms with Crippen molar-refractivity contribution in [3.05, 3.63) is 96.2 Å². The molecule has 0 aliphatic carbocycles. The highest BCUT2D eigenvalue weighted by molar-refractivity contribution is 6.06. The zero-order chi connectivity index (χ0) is 21.3. The van der Waals surface area contributed by atoms with E-state index in [9.17, 15) is 14.9 Å². The van der Waals surface area contributed by atoms with Gasteiger partial charge < -0.3 is 20.5 Å². The number of carboxylic acid groups (broad SMARTS) is 1. The first-order valence-corrected chi connectivity index (χ1v) is 8.89. The van der Waals surface area contributed by atoms with Crippen LogP contribution in [0.4, 0.5) is 11.4 Å². The van der Waals surface area contributed by atoms with Gasteiger partial charge in [0.15, 0.2) is 0 Å². The highest BCUT2D eigenvalue weighted by atomic mass is 16.5. The Morgan fingerprint density at radius 3 is 2.27 bits per heavy atom. The molecule has 0 atom stereocenters. The number of hydrogen-bond acceptors (Lipinski definition) is 5. The number of nitriles is 1. The molecule has 0 aliphatic heterocycles. The van der Waals surface area contributed by atoms with Gasteiger partial charge in [0.1, 0.15) is 23.1 Å². The first-order chi connectivity index (χ1) is 14.5. The van der Waals surface area contributed by atoms with Gasteiger partial charge in [-0.25, -0.2) is 4.79 Å². The Morgan fingerprint density at radius 2 is 1.60 bits per heavy atom. The van der Waals surface area contributed by atoms with Gasteiger partial charge >= 0.3 is 5.97 Å². The fourth-order valence-electron chi connectivity index (χ4n) is 2.48. The van der Waals surface area contributed by atoms with Crippen molar-refractivity contribution in [1.82, 2.24) is 0 Å². The van der Waals surface area contributed by atoms with Crippen molar-refractivity contribution in [2.75, 3.05) is 10.6 Å². The van der Waals surface area contributed by atoms with E-state index < -0.39 is 11.9 Å². The topological polar surface area (TPSA) is 111 Å². The van der Waals surface area contributed by atoms with Crippen molar-refractivity contribution in [2.24, 2.45) is 0 Å². The van der Waals surface area contributed by atoms with Crippen LogP contribution in [-0.2, 0) is 4.79 Å². The number of para-hydroxylation sites is 1. The van der Waals surface area contributed by atoms with Gasteiger partial charge in [0.2, 0.25) is 0 Å². The van der Waals surface area contributed by atoms with E-state index in [1.807, 2.05) is 36.4 Å². The Hall–Kier alpha value is -4.57. The van der Waals surface area contributed by atoms with E-state index in [1.165, 1.54) is 18.3 Å². The summed E-state index contributed by atoms with van der Waals surface area (Å²) >= 11 is 0. The van der Waals surface area contributed by atoms with Crippen molar-refractivity contribution in [3.8, 4) is 17.6 Å². The summed E-state index contributed by atoms with van der Waals surface area (Å²) in [6.45, 7) is 0. The molecule has 30 heavy (non-hydrogen) atoms. The van der Waals surface area contributed by atoms with Gasteiger partial charge in [-0.1, -0.05) is 24.3 Å². The van der Waals surface area contributed by atoms with Crippen LogP contribution >= 0.6 is 0 Å².